The summed E-state index contributed by atoms with van der Waals surface area (Å²) in [5, 5.41) is 14.2. The molecule has 0 bridgehead atoms. The monoisotopic (exact) mass is 360 g/mol. The second-order valence-corrected chi connectivity index (χ2v) is 6.13. The summed E-state index contributed by atoms with van der Waals surface area (Å²) >= 11 is 6.02. The molecule has 2 amide bonds. The standard InChI is InChI=1S/C17H17ClN4O3/c18-13-3-1-5-15(11-13)20-7-9-21(10-8-20)17(23)19-14-4-2-6-16(12-14)22(24)25/h1-6,11-12H,7-10H2,(H,19,23). The molecular formula is C17H17ClN4O3. The average molecular weight is 361 g/mol. The van der Waals surface area contributed by atoms with Crippen molar-refractivity contribution in [2.45, 2.75) is 0 Å². The third kappa shape index (κ3) is 4.19. The van der Waals surface area contributed by atoms with Crippen LogP contribution in [0.2, 0.25) is 5.02 Å². The minimum absolute atomic E-state index is 0.0522. The van der Waals surface area contributed by atoms with E-state index >= 15 is 0 Å². The maximum atomic E-state index is 12.4. The van der Waals surface area contributed by atoms with Gasteiger partial charge in [0.15, 0.2) is 0 Å². The van der Waals surface area contributed by atoms with Crippen LogP contribution >= 0.6 is 11.6 Å². The summed E-state index contributed by atoms with van der Waals surface area (Å²) in [6.45, 7) is 2.52. The van der Waals surface area contributed by atoms with E-state index in [4.69, 9.17) is 11.6 Å². The highest BCUT2D eigenvalue weighted by atomic mass is 35.5. The van der Waals surface area contributed by atoms with Gasteiger partial charge in [-0.2, -0.15) is 0 Å². The summed E-state index contributed by atoms with van der Waals surface area (Å²) in [6.07, 6.45) is 0. The number of carbonyl (C=O) groups is 1. The van der Waals surface area contributed by atoms with Gasteiger partial charge >= 0.3 is 6.03 Å². The Morgan fingerprint density at radius 2 is 1.80 bits per heavy atom. The normalized spacial score (nSPS) is 14.3. The number of nitro groups is 1. The van der Waals surface area contributed by atoms with Crippen LogP contribution in [-0.2, 0) is 0 Å². The van der Waals surface area contributed by atoms with E-state index in [1.54, 1.807) is 17.0 Å². The molecule has 3 rings (SSSR count). The fraction of sp³-hybridized carbons (Fsp3) is 0.235. The Balaban J connectivity index is 1.58. The number of hydrogen-bond donors (Lipinski definition) is 1. The van der Waals surface area contributed by atoms with Crippen LogP contribution in [0, 0.1) is 10.1 Å². The molecule has 2 aromatic rings. The molecule has 0 atom stereocenters. The van der Waals surface area contributed by atoms with Crippen molar-refractivity contribution in [3.05, 3.63) is 63.7 Å². The van der Waals surface area contributed by atoms with Gasteiger partial charge in [-0.25, -0.2) is 4.79 Å². The fourth-order valence-electron chi connectivity index (χ4n) is 2.74. The van der Waals surface area contributed by atoms with Crippen molar-refractivity contribution in [1.82, 2.24) is 4.90 Å². The Bertz CT molecular complexity index is 791. The Morgan fingerprint density at radius 3 is 2.48 bits per heavy atom. The van der Waals surface area contributed by atoms with Crippen LogP contribution in [0.15, 0.2) is 48.5 Å². The van der Waals surface area contributed by atoms with Crippen LogP contribution in [0.5, 0.6) is 0 Å². The lowest BCUT2D eigenvalue weighted by atomic mass is 10.2. The smallest absolute Gasteiger partial charge is 0.321 e. The van der Waals surface area contributed by atoms with Crippen LogP contribution in [-0.4, -0.2) is 42.0 Å². The quantitative estimate of drug-likeness (QED) is 0.670. The molecule has 1 fully saturated rings. The van der Waals surface area contributed by atoms with Gasteiger partial charge in [-0.3, -0.25) is 10.1 Å². The molecule has 8 heteroatoms. The Morgan fingerprint density at radius 1 is 1.08 bits per heavy atom. The van der Waals surface area contributed by atoms with Gasteiger partial charge in [-0.05, 0) is 24.3 Å². The van der Waals surface area contributed by atoms with Crippen LogP contribution in [0.25, 0.3) is 0 Å². The number of hydrogen-bond acceptors (Lipinski definition) is 4. The van der Waals surface area contributed by atoms with Crippen LogP contribution in [0.3, 0.4) is 0 Å². The predicted octanol–water partition coefficient (Wildman–Crippen LogP) is 3.60. The lowest BCUT2D eigenvalue weighted by Crippen LogP contribution is -2.50. The second-order valence-electron chi connectivity index (χ2n) is 5.69. The maximum absolute atomic E-state index is 12.4. The number of nitrogens with one attached hydrogen (secondary N) is 1. The number of piperazine rings is 1. The molecule has 1 saturated heterocycles. The van der Waals surface area contributed by atoms with Gasteiger partial charge in [-0.1, -0.05) is 23.7 Å². The van der Waals surface area contributed by atoms with Gasteiger partial charge in [0.25, 0.3) is 5.69 Å². The number of rotatable bonds is 3. The van der Waals surface area contributed by atoms with E-state index in [1.807, 2.05) is 24.3 Å². The Hall–Kier alpha value is -2.80. The van der Waals surface area contributed by atoms with E-state index in [-0.39, 0.29) is 11.7 Å². The molecule has 0 unspecified atom stereocenters. The molecule has 0 aliphatic carbocycles. The van der Waals surface area contributed by atoms with Crippen LogP contribution in [0.4, 0.5) is 21.9 Å². The van der Waals surface area contributed by atoms with Gasteiger partial charge in [0, 0.05) is 54.7 Å². The first-order valence-corrected chi connectivity index (χ1v) is 8.21. The molecule has 0 spiro atoms. The number of halogens is 1. The molecule has 1 aliphatic heterocycles. The molecular weight excluding hydrogens is 344 g/mol. The first kappa shape index (κ1) is 17.0. The lowest BCUT2D eigenvalue weighted by Gasteiger charge is -2.36. The van der Waals surface area contributed by atoms with Gasteiger partial charge in [-0.15, -0.1) is 0 Å². The Kier molecular flexibility index (Phi) is 5.04. The molecule has 7 nitrogen and oxygen atoms in total. The molecule has 0 radical (unpaired) electrons. The third-order valence-electron chi connectivity index (χ3n) is 4.05. The van der Waals surface area contributed by atoms with Gasteiger partial charge in [0.2, 0.25) is 0 Å². The summed E-state index contributed by atoms with van der Waals surface area (Å²) in [6, 6.07) is 13.3. The summed E-state index contributed by atoms with van der Waals surface area (Å²) in [7, 11) is 0. The molecule has 130 valence electrons. The van der Waals surface area contributed by atoms with Crippen molar-refractivity contribution >= 4 is 34.7 Å². The summed E-state index contributed by atoms with van der Waals surface area (Å²) < 4.78 is 0. The van der Waals surface area contributed by atoms with E-state index in [1.165, 1.54) is 12.1 Å². The van der Waals surface area contributed by atoms with Gasteiger partial charge in [0.1, 0.15) is 0 Å². The average Bonchev–Trinajstić information content (AvgIpc) is 2.62. The predicted molar refractivity (Wildman–Crippen MR) is 97.4 cm³/mol. The SMILES string of the molecule is O=C(Nc1cccc([N+](=O)[O-])c1)N1CCN(c2cccc(Cl)c2)CC1. The van der Waals surface area contributed by atoms with Gasteiger partial charge in [0.05, 0.1) is 4.92 Å². The molecule has 25 heavy (non-hydrogen) atoms. The van der Waals surface area contributed by atoms with Crippen molar-refractivity contribution in [2.24, 2.45) is 0 Å². The van der Waals surface area contributed by atoms with E-state index in [0.29, 0.717) is 36.9 Å². The molecule has 1 aliphatic rings. The number of carbonyl (C=O) groups excluding carboxylic acids is 1. The molecule has 1 heterocycles. The lowest BCUT2D eigenvalue weighted by molar-refractivity contribution is -0.384. The van der Waals surface area contributed by atoms with Gasteiger partial charge < -0.3 is 15.1 Å². The van der Waals surface area contributed by atoms with Crippen LogP contribution < -0.4 is 10.2 Å². The first-order chi connectivity index (χ1) is 12.0. The molecule has 0 aromatic heterocycles. The zero-order valence-corrected chi connectivity index (χ0v) is 14.1. The third-order valence-corrected chi connectivity index (χ3v) is 4.28. The minimum Gasteiger partial charge on any atom is -0.368 e. The first-order valence-electron chi connectivity index (χ1n) is 7.84. The van der Waals surface area contributed by atoms with E-state index in [2.05, 4.69) is 10.2 Å². The number of anilines is 2. The number of urea groups is 1. The van der Waals surface area contributed by atoms with Crippen molar-refractivity contribution in [2.75, 3.05) is 36.4 Å². The number of amides is 2. The largest absolute Gasteiger partial charge is 0.368 e. The highest BCUT2D eigenvalue weighted by molar-refractivity contribution is 6.30. The van der Waals surface area contributed by atoms with E-state index in [0.717, 1.165) is 5.69 Å². The minimum atomic E-state index is -0.487. The summed E-state index contributed by atoms with van der Waals surface area (Å²) in [5.41, 5.74) is 1.39. The Labute approximate surface area is 149 Å². The van der Waals surface area contributed by atoms with Crippen molar-refractivity contribution < 1.29 is 9.72 Å². The maximum Gasteiger partial charge on any atom is 0.321 e. The van der Waals surface area contributed by atoms with E-state index < -0.39 is 4.92 Å². The summed E-state index contributed by atoms with van der Waals surface area (Å²) in [5.74, 6) is 0. The highest BCUT2D eigenvalue weighted by Gasteiger charge is 2.21. The van der Waals surface area contributed by atoms with E-state index in [9.17, 15) is 14.9 Å². The molecule has 0 saturated carbocycles. The van der Waals surface area contributed by atoms with Crippen molar-refractivity contribution in [3.8, 4) is 0 Å². The molecule has 1 N–H and O–H groups in total. The second kappa shape index (κ2) is 7.40. The number of benzene rings is 2. The van der Waals surface area contributed by atoms with Crippen molar-refractivity contribution in [3.63, 3.8) is 0 Å². The fourth-order valence-corrected chi connectivity index (χ4v) is 2.92. The number of nitro benzene ring substituents is 1. The van der Waals surface area contributed by atoms with Crippen LogP contribution in [0.1, 0.15) is 0 Å². The highest BCUT2D eigenvalue weighted by Crippen LogP contribution is 2.21. The number of non-ortho nitro benzene ring substituents is 1. The molecule has 2 aromatic carbocycles. The number of nitrogens with zero attached hydrogens (tertiary/aromatic N) is 3. The zero-order chi connectivity index (χ0) is 17.8. The topological polar surface area (TPSA) is 78.7 Å². The van der Waals surface area contributed by atoms with Crippen molar-refractivity contribution in [1.29, 1.82) is 0 Å². The zero-order valence-electron chi connectivity index (χ0n) is 13.4. The summed E-state index contributed by atoms with van der Waals surface area (Å²) in [4.78, 5) is 26.5.